The fourth-order valence-corrected chi connectivity index (χ4v) is 2.03. The molecule has 0 aliphatic heterocycles. The number of carboxylic acids is 1. The Morgan fingerprint density at radius 1 is 1.45 bits per heavy atom. The van der Waals surface area contributed by atoms with Gasteiger partial charge in [-0.25, -0.2) is 14.6 Å². The van der Waals surface area contributed by atoms with Gasteiger partial charge in [0.15, 0.2) is 0 Å². The van der Waals surface area contributed by atoms with Crippen molar-refractivity contribution in [3.05, 3.63) is 24.0 Å². The molecule has 1 unspecified atom stereocenters. The fourth-order valence-electron chi connectivity index (χ4n) is 2.03. The van der Waals surface area contributed by atoms with Gasteiger partial charge in [0.05, 0.1) is 11.9 Å². The summed E-state index contributed by atoms with van der Waals surface area (Å²) >= 11 is 0. The first-order valence-corrected chi connectivity index (χ1v) is 6.85. The van der Waals surface area contributed by atoms with Crippen LogP contribution in [-0.2, 0) is 0 Å². The molecule has 0 bridgehead atoms. The maximum atomic E-state index is 11.8. The van der Waals surface area contributed by atoms with Crippen molar-refractivity contribution in [1.82, 2.24) is 10.3 Å². The van der Waals surface area contributed by atoms with Crippen LogP contribution in [0.1, 0.15) is 43.1 Å². The summed E-state index contributed by atoms with van der Waals surface area (Å²) in [7, 11) is 0. The number of anilines is 1. The Morgan fingerprint density at radius 3 is 2.70 bits per heavy atom. The zero-order valence-corrected chi connectivity index (χ0v) is 11.4. The lowest BCUT2D eigenvalue weighted by Gasteiger charge is -2.17. The Kier molecular flexibility index (Phi) is 4.55. The molecule has 0 spiro atoms. The van der Waals surface area contributed by atoms with Crippen LogP contribution in [-0.4, -0.2) is 28.1 Å². The lowest BCUT2D eigenvalue weighted by atomic mass is 10.1. The Labute approximate surface area is 117 Å². The summed E-state index contributed by atoms with van der Waals surface area (Å²) < 4.78 is 0. The molecule has 1 aliphatic carbocycles. The second kappa shape index (κ2) is 6.36. The molecular weight excluding hydrogens is 258 g/mol. The van der Waals surface area contributed by atoms with Crippen molar-refractivity contribution in [2.24, 2.45) is 5.92 Å². The summed E-state index contributed by atoms with van der Waals surface area (Å²) in [4.78, 5) is 26.2. The minimum Gasteiger partial charge on any atom is -0.477 e. The molecule has 1 heterocycles. The van der Waals surface area contributed by atoms with Gasteiger partial charge in [0, 0.05) is 6.04 Å². The number of hydrogen-bond acceptors (Lipinski definition) is 3. The van der Waals surface area contributed by atoms with E-state index < -0.39 is 5.97 Å². The van der Waals surface area contributed by atoms with Crippen molar-refractivity contribution >= 4 is 17.7 Å². The van der Waals surface area contributed by atoms with E-state index >= 15 is 0 Å². The first-order chi connectivity index (χ1) is 9.58. The molecule has 1 atom stereocenters. The number of hydrogen-bond donors (Lipinski definition) is 3. The predicted octanol–water partition coefficient (Wildman–Crippen LogP) is 2.48. The number of urea groups is 1. The van der Waals surface area contributed by atoms with Crippen LogP contribution < -0.4 is 10.6 Å². The Hall–Kier alpha value is -2.11. The molecule has 1 aromatic heterocycles. The van der Waals surface area contributed by atoms with Crippen LogP contribution in [0.5, 0.6) is 0 Å². The molecule has 1 fully saturated rings. The van der Waals surface area contributed by atoms with E-state index in [0.29, 0.717) is 5.69 Å². The molecule has 6 heteroatoms. The summed E-state index contributed by atoms with van der Waals surface area (Å²) in [5, 5.41) is 14.3. The summed E-state index contributed by atoms with van der Waals surface area (Å²) in [6.45, 7) is 2.05. The largest absolute Gasteiger partial charge is 0.477 e. The first kappa shape index (κ1) is 14.3. The highest BCUT2D eigenvalue weighted by Gasteiger charge is 2.25. The number of rotatable bonds is 6. The van der Waals surface area contributed by atoms with E-state index in [9.17, 15) is 9.59 Å². The summed E-state index contributed by atoms with van der Waals surface area (Å²) in [5.74, 6) is -0.326. The summed E-state index contributed by atoms with van der Waals surface area (Å²) in [5.41, 5.74) is 0.435. The van der Waals surface area contributed by atoms with Gasteiger partial charge in [-0.05, 0) is 30.9 Å². The third-order valence-electron chi connectivity index (χ3n) is 3.38. The van der Waals surface area contributed by atoms with Crippen LogP contribution in [0, 0.1) is 5.92 Å². The second-order valence-corrected chi connectivity index (χ2v) is 5.12. The van der Waals surface area contributed by atoms with E-state index in [4.69, 9.17) is 5.11 Å². The SMILES string of the molecule is CCC(CC1CC1)NC(=O)Nc1ccc(C(=O)O)nc1. The van der Waals surface area contributed by atoms with Crippen LogP contribution in [0.2, 0.25) is 0 Å². The Bertz CT molecular complexity index is 483. The molecule has 6 nitrogen and oxygen atoms in total. The zero-order chi connectivity index (χ0) is 14.5. The van der Waals surface area contributed by atoms with E-state index in [1.54, 1.807) is 0 Å². The molecule has 0 aromatic carbocycles. The van der Waals surface area contributed by atoms with Gasteiger partial charge >= 0.3 is 12.0 Å². The number of carbonyl (C=O) groups is 2. The highest BCUT2D eigenvalue weighted by molar-refractivity contribution is 5.90. The molecule has 1 saturated carbocycles. The van der Waals surface area contributed by atoms with E-state index in [1.807, 2.05) is 0 Å². The third kappa shape index (κ3) is 4.22. The van der Waals surface area contributed by atoms with Crippen LogP contribution in [0.25, 0.3) is 0 Å². The van der Waals surface area contributed by atoms with Gasteiger partial charge in [-0.2, -0.15) is 0 Å². The van der Waals surface area contributed by atoms with E-state index in [2.05, 4.69) is 22.5 Å². The molecule has 1 aromatic rings. The zero-order valence-electron chi connectivity index (χ0n) is 11.4. The average Bonchev–Trinajstić information content (AvgIpc) is 3.22. The normalized spacial score (nSPS) is 15.4. The molecule has 0 saturated heterocycles. The predicted molar refractivity (Wildman–Crippen MR) is 74.8 cm³/mol. The highest BCUT2D eigenvalue weighted by atomic mass is 16.4. The summed E-state index contributed by atoms with van der Waals surface area (Å²) in [6, 6.07) is 2.80. The molecule has 2 amide bonds. The van der Waals surface area contributed by atoms with Gasteiger partial charge in [0.1, 0.15) is 5.69 Å². The molecule has 3 N–H and O–H groups in total. The standard InChI is InChI=1S/C14H19N3O3/c1-2-10(7-9-3-4-9)16-14(20)17-11-5-6-12(13(18)19)15-8-11/h5-6,8-10H,2-4,7H2,1H3,(H,18,19)(H2,16,17,20). The molecule has 108 valence electrons. The average molecular weight is 277 g/mol. The summed E-state index contributed by atoms with van der Waals surface area (Å²) in [6.07, 6.45) is 5.80. The van der Waals surface area contributed by atoms with Gasteiger partial charge in [-0.15, -0.1) is 0 Å². The number of nitrogens with one attached hydrogen (secondary N) is 2. The topological polar surface area (TPSA) is 91.3 Å². The second-order valence-electron chi connectivity index (χ2n) is 5.12. The van der Waals surface area contributed by atoms with E-state index in [-0.39, 0.29) is 17.8 Å². The van der Waals surface area contributed by atoms with Crippen molar-refractivity contribution in [3.8, 4) is 0 Å². The van der Waals surface area contributed by atoms with Gasteiger partial charge in [-0.1, -0.05) is 19.8 Å². The molecule has 2 rings (SSSR count). The number of carboxylic acid groups (broad SMARTS) is 1. The van der Waals surface area contributed by atoms with Gasteiger partial charge in [0.2, 0.25) is 0 Å². The number of carbonyl (C=O) groups excluding carboxylic acids is 1. The van der Waals surface area contributed by atoms with Crippen molar-refractivity contribution in [1.29, 1.82) is 0 Å². The number of amides is 2. The molecule has 1 aliphatic rings. The minimum absolute atomic E-state index is 0.0453. The number of nitrogens with zero attached hydrogens (tertiary/aromatic N) is 1. The van der Waals surface area contributed by atoms with Crippen molar-refractivity contribution in [2.75, 3.05) is 5.32 Å². The van der Waals surface area contributed by atoms with Crippen molar-refractivity contribution < 1.29 is 14.7 Å². The lowest BCUT2D eigenvalue weighted by Crippen LogP contribution is -2.37. The van der Waals surface area contributed by atoms with Gasteiger partial charge in [0.25, 0.3) is 0 Å². The van der Waals surface area contributed by atoms with Crippen LogP contribution in [0.15, 0.2) is 18.3 Å². The smallest absolute Gasteiger partial charge is 0.354 e. The molecule has 20 heavy (non-hydrogen) atoms. The van der Waals surface area contributed by atoms with Crippen LogP contribution >= 0.6 is 0 Å². The maximum absolute atomic E-state index is 11.8. The van der Waals surface area contributed by atoms with Crippen LogP contribution in [0.3, 0.4) is 0 Å². The highest BCUT2D eigenvalue weighted by Crippen LogP contribution is 2.34. The lowest BCUT2D eigenvalue weighted by molar-refractivity contribution is 0.0690. The number of aromatic carboxylic acids is 1. The molecule has 0 radical (unpaired) electrons. The van der Waals surface area contributed by atoms with Crippen molar-refractivity contribution in [3.63, 3.8) is 0 Å². The minimum atomic E-state index is -1.09. The van der Waals surface area contributed by atoms with Crippen LogP contribution in [0.4, 0.5) is 10.5 Å². The van der Waals surface area contributed by atoms with E-state index in [0.717, 1.165) is 18.8 Å². The Balaban J connectivity index is 1.84. The molecular formula is C14H19N3O3. The monoisotopic (exact) mass is 277 g/mol. The maximum Gasteiger partial charge on any atom is 0.354 e. The number of pyridine rings is 1. The first-order valence-electron chi connectivity index (χ1n) is 6.85. The fraction of sp³-hybridized carbons (Fsp3) is 0.500. The Morgan fingerprint density at radius 2 is 2.20 bits per heavy atom. The quantitative estimate of drug-likeness (QED) is 0.745. The number of aromatic nitrogens is 1. The third-order valence-corrected chi connectivity index (χ3v) is 3.38. The van der Waals surface area contributed by atoms with Gasteiger partial charge < -0.3 is 15.7 Å². The van der Waals surface area contributed by atoms with E-state index in [1.165, 1.54) is 31.2 Å². The van der Waals surface area contributed by atoms with Gasteiger partial charge in [-0.3, -0.25) is 0 Å². The van der Waals surface area contributed by atoms with Crippen molar-refractivity contribution in [2.45, 2.75) is 38.6 Å².